The second-order valence-electron chi connectivity index (χ2n) is 6.84. The van der Waals surface area contributed by atoms with Crippen molar-refractivity contribution in [3.05, 3.63) is 51.2 Å². The van der Waals surface area contributed by atoms with Gasteiger partial charge in [-0.05, 0) is 44.7 Å². The van der Waals surface area contributed by atoms with Crippen LogP contribution in [0.4, 0.5) is 5.69 Å². The van der Waals surface area contributed by atoms with E-state index in [1.165, 1.54) is 0 Å². The van der Waals surface area contributed by atoms with Crippen LogP contribution in [0, 0.1) is 13.8 Å². The molecule has 1 aliphatic heterocycles. The van der Waals surface area contributed by atoms with Crippen LogP contribution in [0.1, 0.15) is 25.7 Å². The molecule has 0 unspecified atom stereocenters. The van der Waals surface area contributed by atoms with Crippen molar-refractivity contribution in [1.29, 1.82) is 0 Å². The Balaban J connectivity index is 1.57. The zero-order chi connectivity index (χ0) is 18.7. The fraction of sp³-hybridized carbons (Fsp3) is 0.400. The largest absolute Gasteiger partial charge is 0.340 e. The van der Waals surface area contributed by atoms with Gasteiger partial charge in [0.1, 0.15) is 0 Å². The van der Waals surface area contributed by atoms with Gasteiger partial charge in [-0.2, -0.15) is 0 Å². The van der Waals surface area contributed by atoms with E-state index in [-0.39, 0.29) is 11.8 Å². The van der Waals surface area contributed by atoms with Crippen molar-refractivity contribution in [2.75, 3.05) is 38.5 Å². The van der Waals surface area contributed by atoms with Gasteiger partial charge in [-0.15, -0.1) is 11.3 Å². The average molecular weight is 372 g/mol. The molecule has 3 rings (SSSR count). The zero-order valence-electron chi connectivity index (χ0n) is 15.5. The Kier molecular flexibility index (Phi) is 5.74. The Hall–Kier alpha value is -2.18. The van der Waals surface area contributed by atoms with E-state index in [9.17, 15) is 9.59 Å². The lowest BCUT2D eigenvalue weighted by atomic mass is 10.1. The molecule has 2 aromatic rings. The number of hydrogen-bond acceptors (Lipinski definition) is 4. The van der Waals surface area contributed by atoms with E-state index >= 15 is 0 Å². The molecule has 6 heteroatoms. The van der Waals surface area contributed by atoms with Gasteiger partial charge in [0.15, 0.2) is 0 Å². The van der Waals surface area contributed by atoms with Gasteiger partial charge < -0.3 is 15.1 Å². The third-order valence-electron chi connectivity index (χ3n) is 4.71. The van der Waals surface area contributed by atoms with Crippen molar-refractivity contribution >= 4 is 28.8 Å². The first-order valence-electron chi connectivity index (χ1n) is 8.86. The number of thiophene rings is 1. The van der Waals surface area contributed by atoms with Crippen LogP contribution in [0.25, 0.3) is 0 Å². The van der Waals surface area contributed by atoms with Crippen LogP contribution < -0.4 is 5.32 Å². The van der Waals surface area contributed by atoms with Crippen LogP contribution in [-0.4, -0.2) is 54.8 Å². The second kappa shape index (κ2) is 8.01. The Labute approximate surface area is 158 Å². The van der Waals surface area contributed by atoms with E-state index in [1.54, 1.807) is 11.3 Å². The summed E-state index contributed by atoms with van der Waals surface area (Å²) >= 11 is 1.63. The molecule has 2 heterocycles. The number of hydrogen-bond donors (Lipinski definition) is 1. The number of carbonyl (C=O) groups excluding carboxylic acids is 2. The standard InChI is InChI=1S/C20H25N3O2S/c1-14-12-18(15(2)26-14)20(25)21-17-6-4-16(5-7-17)13-19(24)23-10-8-22(3)9-11-23/h4-7,12H,8-11,13H2,1-3H3,(H,21,25). The second-order valence-corrected chi connectivity index (χ2v) is 8.30. The molecule has 1 N–H and O–H groups in total. The third-order valence-corrected chi connectivity index (χ3v) is 5.67. The Morgan fingerprint density at radius 2 is 1.73 bits per heavy atom. The highest BCUT2D eigenvalue weighted by Gasteiger charge is 2.19. The van der Waals surface area contributed by atoms with Crippen LogP contribution in [0.3, 0.4) is 0 Å². The van der Waals surface area contributed by atoms with Gasteiger partial charge in [0.25, 0.3) is 5.91 Å². The molecule has 26 heavy (non-hydrogen) atoms. The molecule has 1 aromatic heterocycles. The number of nitrogens with zero attached hydrogens (tertiary/aromatic N) is 2. The minimum absolute atomic E-state index is 0.0897. The predicted molar refractivity (Wildman–Crippen MR) is 106 cm³/mol. The van der Waals surface area contributed by atoms with E-state index in [0.29, 0.717) is 6.42 Å². The smallest absolute Gasteiger partial charge is 0.256 e. The van der Waals surface area contributed by atoms with E-state index in [0.717, 1.165) is 52.7 Å². The summed E-state index contributed by atoms with van der Waals surface area (Å²) in [5.41, 5.74) is 2.44. The predicted octanol–water partition coefficient (Wildman–Crippen LogP) is 2.93. The van der Waals surface area contributed by atoms with E-state index < -0.39 is 0 Å². The lowest BCUT2D eigenvalue weighted by Crippen LogP contribution is -2.47. The van der Waals surface area contributed by atoms with Gasteiger partial charge in [-0.3, -0.25) is 9.59 Å². The van der Waals surface area contributed by atoms with Crippen molar-refractivity contribution in [3.8, 4) is 0 Å². The summed E-state index contributed by atoms with van der Waals surface area (Å²) in [6.07, 6.45) is 0.404. The van der Waals surface area contributed by atoms with Crippen molar-refractivity contribution in [1.82, 2.24) is 9.80 Å². The quantitative estimate of drug-likeness (QED) is 0.899. The first-order valence-corrected chi connectivity index (χ1v) is 9.67. The van der Waals surface area contributed by atoms with Gasteiger partial charge in [0.2, 0.25) is 5.91 Å². The van der Waals surface area contributed by atoms with Gasteiger partial charge >= 0.3 is 0 Å². The summed E-state index contributed by atoms with van der Waals surface area (Å²) in [6, 6.07) is 9.46. The molecular weight excluding hydrogens is 346 g/mol. The summed E-state index contributed by atoms with van der Waals surface area (Å²) in [5, 5.41) is 2.93. The number of likely N-dealkylation sites (N-methyl/N-ethyl adjacent to an activating group) is 1. The molecule has 5 nitrogen and oxygen atoms in total. The van der Waals surface area contributed by atoms with Crippen molar-refractivity contribution in [2.45, 2.75) is 20.3 Å². The summed E-state index contributed by atoms with van der Waals surface area (Å²) in [7, 11) is 2.08. The van der Waals surface area contributed by atoms with Crippen LogP contribution in [0.2, 0.25) is 0 Å². The fourth-order valence-corrected chi connectivity index (χ4v) is 4.02. The zero-order valence-corrected chi connectivity index (χ0v) is 16.4. The van der Waals surface area contributed by atoms with Crippen LogP contribution in [-0.2, 0) is 11.2 Å². The molecular formula is C20H25N3O2S. The highest BCUT2D eigenvalue weighted by Crippen LogP contribution is 2.22. The minimum atomic E-state index is -0.0897. The highest BCUT2D eigenvalue weighted by atomic mass is 32.1. The Bertz CT molecular complexity index is 790. The molecule has 1 aliphatic rings. The monoisotopic (exact) mass is 371 g/mol. The molecule has 0 saturated carbocycles. The average Bonchev–Trinajstić information content (AvgIpc) is 2.95. The summed E-state index contributed by atoms with van der Waals surface area (Å²) < 4.78 is 0. The third kappa shape index (κ3) is 4.51. The maximum absolute atomic E-state index is 12.4. The maximum atomic E-state index is 12.4. The Morgan fingerprint density at radius 3 is 2.31 bits per heavy atom. The van der Waals surface area contributed by atoms with Gasteiger partial charge in [-0.25, -0.2) is 0 Å². The number of benzene rings is 1. The molecule has 0 aliphatic carbocycles. The summed E-state index contributed by atoms with van der Waals surface area (Å²) in [6.45, 7) is 7.41. The first kappa shape index (κ1) is 18.6. The molecule has 1 saturated heterocycles. The molecule has 0 spiro atoms. The SMILES string of the molecule is Cc1cc(C(=O)Nc2ccc(CC(=O)N3CCN(C)CC3)cc2)c(C)s1. The summed E-state index contributed by atoms with van der Waals surface area (Å²) in [5.74, 6) is 0.0763. The van der Waals surface area contributed by atoms with Crippen molar-refractivity contribution in [2.24, 2.45) is 0 Å². The molecule has 2 amide bonds. The number of anilines is 1. The van der Waals surface area contributed by atoms with Gasteiger partial charge in [0, 0.05) is 41.6 Å². The van der Waals surface area contributed by atoms with E-state index in [4.69, 9.17) is 0 Å². The van der Waals surface area contributed by atoms with Crippen molar-refractivity contribution < 1.29 is 9.59 Å². The number of amides is 2. The minimum Gasteiger partial charge on any atom is -0.340 e. The Morgan fingerprint density at radius 1 is 1.08 bits per heavy atom. The molecule has 1 aromatic carbocycles. The van der Waals surface area contributed by atoms with Gasteiger partial charge in [-0.1, -0.05) is 12.1 Å². The fourth-order valence-electron chi connectivity index (χ4n) is 3.10. The van der Waals surface area contributed by atoms with Crippen LogP contribution in [0.5, 0.6) is 0 Å². The number of aryl methyl sites for hydroxylation is 2. The first-order chi connectivity index (χ1) is 12.4. The lowest BCUT2D eigenvalue weighted by molar-refractivity contribution is -0.132. The maximum Gasteiger partial charge on any atom is 0.256 e. The highest BCUT2D eigenvalue weighted by molar-refractivity contribution is 7.12. The number of nitrogens with one attached hydrogen (secondary N) is 1. The van der Waals surface area contributed by atoms with Crippen LogP contribution >= 0.6 is 11.3 Å². The van der Waals surface area contributed by atoms with Crippen LogP contribution in [0.15, 0.2) is 30.3 Å². The lowest BCUT2D eigenvalue weighted by Gasteiger charge is -2.32. The van der Waals surface area contributed by atoms with Crippen molar-refractivity contribution in [3.63, 3.8) is 0 Å². The topological polar surface area (TPSA) is 52.7 Å². The normalized spacial score (nSPS) is 15.1. The number of piperazine rings is 1. The number of carbonyl (C=O) groups is 2. The molecule has 138 valence electrons. The molecule has 0 bridgehead atoms. The van der Waals surface area contributed by atoms with E-state index in [1.807, 2.05) is 49.1 Å². The molecule has 1 fully saturated rings. The van der Waals surface area contributed by atoms with E-state index in [2.05, 4.69) is 17.3 Å². The van der Waals surface area contributed by atoms with Gasteiger partial charge in [0.05, 0.1) is 12.0 Å². The molecule has 0 radical (unpaired) electrons. The molecule has 0 atom stereocenters. The summed E-state index contributed by atoms with van der Waals surface area (Å²) in [4.78, 5) is 31.1. The number of rotatable bonds is 4.